The first kappa shape index (κ1) is 48.3. The van der Waals surface area contributed by atoms with Crippen LogP contribution in [0.2, 0.25) is 0 Å². The van der Waals surface area contributed by atoms with E-state index < -0.39 is 0 Å². The van der Waals surface area contributed by atoms with Crippen LogP contribution in [0, 0.1) is 18.3 Å². The van der Waals surface area contributed by atoms with Crippen molar-refractivity contribution in [2.75, 3.05) is 0 Å². The normalized spacial score (nSPS) is 11.8. The molecule has 0 amide bonds. The molecule has 0 saturated heterocycles. The number of benzene rings is 13. The number of para-hydroxylation sites is 4. The Labute approximate surface area is 490 Å². The molecule has 0 atom stereocenters. The molecule has 5 heteroatoms. The van der Waals surface area contributed by atoms with Crippen LogP contribution < -0.4 is 0 Å². The quantitative estimate of drug-likeness (QED) is 0.150. The van der Waals surface area contributed by atoms with Crippen LogP contribution in [0.25, 0.3) is 154 Å². The Morgan fingerprint density at radius 1 is 0.224 bits per heavy atom. The summed E-state index contributed by atoms with van der Waals surface area (Å²) in [6.07, 6.45) is 0. The summed E-state index contributed by atoms with van der Waals surface area (Å²) in [7, 11) is 0. The third-order valence-corrected chi connectivity index (χ3v) is 17.8. The monoisotopic (exact) mass is 1080 g/mol. The van der Waals surface area contributed by atoms with Gasteiger partial charge < -0.3 is 18.3 Å². The molecule has 0 fully saturated rings. The van der Waals surface area contributed by atoms with E-state index >= 15 is 0 Å². The zero-order valence-electron chi connectivity index (χ0n) is 46.4. The summed E-state index contributed by atoms with van der Waals surface area (Å²) in [6.45, 7) is 2.31. The van der Waals surface area contributed by atoms with Crippen molar-refractivity contribution in [3.05, 3.63) is 302 Å². The average Bonchev–Trinajstić information content (AvgIpc) is 1.96. The molecule has 85 heavy (non-hydrogen) atoms. The van der Waals surface area contributed by atoms with Crippen molar-refractivity contribution >= 4 is 87.2 Å². The van der Waals surface area contributed by atoms with Gasteiger partial charge in [0.2, 0.25) is 0 Å². The van der Waals surface area contributed by atoms with Gasteiger partial charge in [0.25, 0.3) is 0 Å². The fraction of sp³-hybridized carbons (Fsp3) is 0.0125. The van der Waals surface area contributed by atoms with E-state index in [0.29, 0.717) is 5.56 Å². The molecule has 0 aliphatic rings. The maximum Gasteiger partial charge on any atom is 0.104 e. The SMILES string of the molecule is Cc1c(-n2c3ccccc3c3cc(-c4ccccc4)ccc32)c(-n2c3ccccc3c3cc(-c4ccccc4)ccc32)c(C#N)c(-n2c3ccccc3c3cc(-c4ccccc4)ccc32)c1-n1c2ccccc2c2cc(-c3ccccc3)ccc21. The van der Waals surface area contributed by atoms with Crippen LogP contribution in [-0.4, -0.2) is 18.3 Å². The number of aromatic nitrogens is 4. The summed E-state index contributed by atoms with van der Waals surface area (Å²) in [5.41, 5.74) is 22.3. The summed E-state index contributed by atoms with van der Waals surface area (Å²) >= 11 is 0. The van der Waals surface area contributed by atoms with Crippen molar-refractivity contribution in [3.8, 4) is 73.3 Å². The first-order chi connectivity index (χ1) is 42.1. The Bertz CT molecular complexity index is 5260. The first-order valence-corrected chi connectivity index (χ1v) is 29.1. The highest BCUT2D eigenvalue weighted by atomic mass is 15.1. The third kappa shape index (κ3) is 7.29. The second-order valence-electron chi connectivity index (χ2n) is 22.3. The maximum atomic E-state index is 13.0. The van der Waals surface area contributed by atoms with Crippen molar-refractivity contribution in [2.45, 2.75) is 6.92 Å². The second kappa shape index (κ2) is 19.1. The van der Waals surface area contributed by atoms with Crippen LogP contribution >= 0.6 is 0 Å². The Morgan fingerprint density at radius 3 is 0.706 bits per heavy atom. The molecule has 5 nitrogen and oxygen atoms in total. The topological polar surface area (TPSA) is 43.5 Å². The molecule has 0 N–H and O–H groups in total. The predicted molar refractivity (Wildman–Crippen MR) is 355 cm³/mol. The lowest BCUT2D eigenvalue weighted by Crippen LogP contribution is -2.16. The summed E-state index contributed by atoms with van der Waals surface area (Å²) in [5.74, 6) is 0. The number of hydrogen-bond acceptors (Lipinski definition) is 1. The minimum Gasteiger partial charge on any atom is -0.307 e. The van der Waals surface area contributed by atoms with Crippen molar-refractivity contribution in [1.29, 1.82) is 5.26 Å². The van der Waals surface area contributed by atoms with Gasteiger partial charge in [-0.3, -0.25) is 0 Å². The molecule has 0 saturated carbocycles. The molecule has 17 rings (SSSR count). The standard InChI is InChI=1S/C80H51N5/c1-51-77(82-69-34-18-14-30-60(69)64-46-56(38-42-73(64)82)52-22-6-2-7-23-52)79(84-71-36-20-16-32-62(71)66-48-58(40-44-75(66)84)54-26-10-4-11-27-54)68(50-81)80(85-72-37-21-17-33-63(72)67-49-59(41-45-76(67)85)55-28-12-5-13-29-55)78(51)83-70-35-19-15-31-61(70)65-47-57(39-43-74(65)83)53-24-8-3-9-25-53/h2-49H,1H3. The zero-order valence-corrected chi connectivity index (χ0v) is 46.4. The molecular weight excluding hydrogens is 1030 g/mol. The number of nitrogens with zero attached hydrogens (tertiary/aromatic N) is 5. The minimum absolute atomic E-state index is 0.541. The van der Waals surface area contributed by atoms with Crippen LogP contribution in [0.1, 0.15) is 11.1 Å². The zero-order chi connectivity index (χ0) is 56.3. The highest BCUT2D eigenvalue weighted by Crippen LogP contribution is 2.50. The molecule has 0 unspecified atom stereocenters. The highest BCUT2D eigenvalue weighted by Gasteiger charge is 2.33. The van der Waals surface area contributed by atoms with E-state index in [1.807, 2.05) is 0 Å². The molecule has 0 radical (unpaired) electrons. The van der Waals surface area contributed by atoms with E-state index in [1.165, 1.54) is 0 Å². The van der Waals surface area contributed by atoms with Gasteiger partial charge in [0.05, 0.1) is 66.9 Å². The molecule has 0 spiro atoms. The molecule has 0 aliphatic heterocycles. The maximum absolute atomic E-state index is 13.0. The first-order valence-electron chi connectivity index (χ1n) is 29.1. The molecule has 396 valence electrons. The third-order valence-electron chi connectivity index (χ3n) is 17.8. The van der Waals surface area contributed by atoms with Gasteiger partial charge in [0, 0.05) is 48.7 Å². The fourth-order valence-corrected chi connectivity index (χ4v) is 14.0. The van der Waals surface area contributed by atoms with Crippen LogP contribution in [0.5, 0.6) is 0 Å². The van der Waals surface area contributed by atoms with Gasteiger partial charge in [-0.2, -0.15) is 5.26 Å². The lowest BCUT2D eigenvalue weighted by atomic mass is 9.98. The Hall–Kier alpha value is -11.5. The van der Waals surface area contributed by atoms with Crippen molar-refractivity contribution in [2.24, 2.45) is 0 Å². The van der Waals surface area contributed by atoms with Crippen LogP contribution in [0.3, 0.4) is 0 Å². The largest absolute Gasteiger partial charge is 0.307 e. The van der Waals surface area contributed by atoms with E-state index in [1.54, 1.807) is 0 Å². The van der Waals surface area contributed by atoms with Crippen LogP contribution in [0.4, 0.5) is 0 Å². The summed E-state index contributed by atoms with van der Waals surface area (Å²) in [6, 6.07) is 108. The Morgan fingerprint density at radius 2 is 0.447 bits per heavy atom. The smallest absolute Gasteiger partial charge is 0.104 e. The number of fused-ring (bicyclic) bond motifs is 12. The fourth-order valence-electron chi connectivity index (χ4n) is 14.0. The number of hydrogen-bond donors (Lipinski definition) is 0. The van der Waals surface area contributed by atoms with Gasteiger partial charge in [0.15, 0.2) is 0 Å². The van der Waals surface area contributed by atoms with Crippen molar-refractivity contribution in [3.63, 3.8) is 0 Å². The van der Waals surface area contributed by atoms with Crippen molar-refractivity contribution in [1.82, 2.24) is 18.3 Å². The average molecular weight is 1080 g/mol. The molecule has 17 aromatic rings. The summed E-state index contributed by atoms with van der Waals surface area (Å²) in [4.78, 5) is 0. The van der Waals surface area contributed by atoms with Crippen LogP contribution in [-0.2, 0) is 0 Å². The van der Waals surface area contributed by atoms with Gasteiger partial charge in [-0.15, -0.1) is 0 Å². The van der Waals surface area contributed by atoms with E-state index in [0.717, 1.165) is 160 Å². The lowest BCUT2D eigenvalue weighted by Gasteiger charge is -2.28. The van der Waals surface area contributed by atoms with E-state index in [9.17, 15) is 5.26 Å². The van der Waals surface area contributed by atoms with E-state index in [2.05, 4.69) is 322 Å². The molecule has 0 bridgehead atoms. The van der Waals surface area contributed by atoms with E-state index in [-0.39, 0.29) is 0 Å². The lowest BCUT2D eigenvalue weighted by molar-refractivity contribution is 1.01. The Balaban J connectivity index is 1.10. The minimum atomic E-state index is 0.541. The summed E-state index contributed by atoms with van der Waals surface area (Å²) in [5, 5.41) is 21.9. The highest BCUT2D eigenvalue weighted by molar-refractivity contribution is 6.17. The molecule has 4 heterocycles. The van der Waals surface area contributed by atoms with E-state index in [4.69, 9.17) is 0 Å². The van der Waals surface area contributed by atoms with Gasteiger partial charge in [0.1, 0.15) is 11.6 Å². The van der Waals surface area contributed by atoms with Gasteiger partial charge in [-0.25, -0.2) is 0 Å². The van der Waals surface area contributed by atoms with Gasteiger partial charge >= 0.3 is 0 Å². The number of rotatable bonds is 8. The second-order valence-corrected chi connectivity index (χ2v) is 22.3. The van der Waals surface area contributed by atoms with Crippen molar-refractivity contribution < 1.29 is 0 Å². The van der Waals surface area contributed by atoms with Crippen LogP contribution in [0.15, 0.2) is 291 Å². The summed E-state index contributed by atoms with van der Waals surface area (Å²) < 4.78 is 9.76. The number of nitriles is 1. The molecule has 4 aromatic heterocycles. The molecule has 13 aromatic carbocycles. The predicted octanol–water partition coefficient (Wildman–Crippen LogP) is 20.9. The van der Waals surface area contributed by atoms with Gasteiger partial charge in [-0.1, -0.05) is 218 Å². The van der Waals surface area contributed by atoms with Gasteiger partial charge in [-0.05, 0) is 124 Å². The Kier molecular flexibility index (Phi) is 10.8. The molecular formula is C80H51N5. The molecule has 0 aliphatic carbocycles.